The summed E-state index contributed by atoms with van der Waals surface area (Å²) in [5.74, 6) is 0.991. The lowest BCUT2D eigenvalue weighted by molar-refractivity contribution is 0.463. The number of hydrogen-bond donors (Lipinski definition) is 1. The van der Waals surface area contributed by atoms with Crippen LogP contribution in [0.5, 0.6) is 0 Å². The van der Waals surface area contributed by atoms with Gasteiger partial charge in [0.1, 0.15) is 11.8 Å². The zero-order valence-electron chi connectivity index (χ0n) is 9.50. The summed E-state index contributed by atoms with van der Waals surface area (Å²) in [6.07, 6.45) is 1.74. The number of nitrogens with one attached hydrogen (secondary N) is 1. The normalized spacial score (nSPS) is 13.0. The van der Waals surface area contributed by atoms with Crippen LogP contribution in [0.15, 0.2) is 27.3 Å². The third-order valence-electron chi connectivity index (χ3n) is 2.55. The zero-order chi connectivity index (χ0) is 11.7. The van der Waals surface area contributed by atoms with Crippen molar-refractivity contribution in [3.8, 4) is 0 Å². The Labute approximate surface area is 108 Å². The molecule has 2 heterocycles. The summed E-state index contributed by atoms with van der Waals surface area (Å²) in [4.78, 5) is 2.56. The molecule has 0 spiro atoms. The number of hydrogen-bond acceptors (Lipinski definition) is 3. The number of furan rings is 1. The van der Waals surface area contributed by atoms with E-state index >= 15 is 0 Å². The topological polar surface area (TPSA) is 25.2 Å². The molecule has 0 aliphatic heterocycles. The van der Waals surface area contributed by atoms with Gasteiger partial charge in [0.2, 0.25) is 0 Å². The standard InChI is InChI=1S/C12H14BrNOS/c1-7-4-5-15-11(7)10(14-3)12-9(13)6-8(2)16-12/h4-6,10,14H,1-3H3. The second-order valence-corrected chi connectivity index (χ2v) is 5.90. The summed E-state index contributed by atoms with van der Waals surface area (Å²) >= 11 is 5.38. The van der Waals surface area contributed by atoms with Crippen LogP contribution in [0.25, 0.3) is 0 Å². The van der Waals surface area contributed by atoms with Gasteiger partial charge >= 0.3 is 0 Å². The Morgan fingerprint density at radius 3 is 2.62 bits per heavy atom. The molecule has 0 fully saturated rings. The van der Waals surface area contributed by atoms with Crippen LogP contribution in [0.1, 0.15) is 27.1 Å². The lowest BCUT2D eigenvalue weighted by Crippen LogP contribution is -2.17. The molecule has 0 aliphatic carbocycles. The van der Waals surface area contributed by atoms with Gasteiger partial charge in [0.25, 0.3) is 0 Å². The van der Waals surface area contributed by atoms with Crippen LogP contribution in [0.3, 0.4) is 0 Å². The van der Waals surface area contributed by atoms with Crippen molar-refractivity contribution in [3.63, 3.8) is 0 Å². The molecule has 16 heavy (non-hydrogen) atoms. The molecule has 0 bridgehead atoms. The molecule has 0 saturated heterocycles. The van der Waals surface area contributed by atoms with Gasteiger partial charge in [-0.3, -0.25) is 0 Å². The van der Waals surface area contributed by atoms with Gasteiger partial charge in [0.15, 0.2) is 0 Å². The van der Waals surface area contributed by atoms with Crippen molar-refractivity contribution in [2.45, 2.75) is 19.9 Å². The Morgan fingerprint density at radius 1 is 1.44 bits per heavy atom. The maximum absolute atomic E-state index is 5.56. The van der Waals surface area contributed by atoms with E-state index in [1.54, 1.807) is 17.6 Å². The maximum atomic E-state index is 5.56. The molecule has 1 atom stereocenters. The first-order valence-corrected chi connectivity index (χ1v) is 6.71. The van der Waals surface area contributed by atoms with Gasteiger partial charge in [-0.2, -0.15) is 0 Å². The monoisotopic (exact) mass is 299 g/mol. The summed E-state index contributed by atoms with van der Waals surface area (Å²) < 4.78 is 6.70. The molecule has 1 N–H and O–H groups in total. The Balaban J connectivity index is 2.44. The van der Waals surface area contributed by atoms with Gasteiger partial charge in [-0.1, -0.05) is 0 Å². The molecule has 2 aromatic rings. The summed E-state index contributed by atoms with van der Waals surface area (Å²) in [7, 11) is 1.95. The van der Waals surface area contributed by atoms with E-state index in [4.69, 9.17) is 4.42 Å². The number of aryl methyl sites for hydroxylation is 2. The van der Waals surface area contributed by atoms with E-state index in [1.807, 2.05) is 13.1 Å². The highest BCUT2D eigenvalue weighted by atomic mass is 79.9. The Bertz CT molecular complexity index is 489. The van der Waals surface area contributed by atoms with Crippen LogP contribution < -0.4 is 5.32 Å². The molecule has 0 radical (unpaired) electrons. The molecule has 1 unspecified atom stereocenters. The Hall–Kier alpha value is -0.580. The SMILES string of the molecule is CNC(c1occc1C)c1sc(C)cc1Br. The Kier molecular flexibility index (Phi) is 3.52. The lowest BCUT2D eigenvalue weighted by Gasteiger charge is -2.13. The third-order valence-corrected chi connectivity index (χ3v) is 4.58. The summed E-state index contributed by atoms with van der Waals surface area (Å²) in [6, 6.07) is 4.26. The lowest BCUT2D eigenvalue weighted by atomic mass is 10.1. The van der Waals surface area contributed by atoms with E-state index in [-0.39, 0.29) is 6.04 Å². The van der Waals surface area contributed by atoms with Crippen LogP contribution in [0.4, 0.5) is 0 Å². The summed E-state index contributed by atoms with van der Waals surface area (Å²) in [5.41, 5.74) is 1.18. The first-order chi connectivity index (χ1) is 7.63. The van der Waals surface area contributed by atoms with E-state index < -0.39 is 0 Å². The van der Waals surface area contributed by atoms with Gasteiger partial charge < -0.3 is 9.73 Å². The van der Waals surface area contributed by atoms with Crippen molar-refractivity contribution in [2.24, 2.45) is 0 Å². The fourth-order valence-electron chi connectivity index (χ4n) is 1.76. The minimum absolute atomic E-state index is 0.128. The van der Waals surface area contributed by atoms with Crippen LogP contribution in [-0.4, -0.2) is 7.05 Å². The van der Waals surface area contributed by atoms with Crippen LogP contribution >= 0.6 is 27.3 Å². The van der Waals surface area contributed by atoms with Crippen molar-refractivity contribution in [1.82, 2.24) is 5.32 Å². The number of halogens is 1. The molecular weight excluding hydrogens is 286 g/mol. The molecule has 2 aromatic heterocycles. The van der Waals surface area contributed by atoms with Gasteiger partial charge in [0.05, 0.1) is 6.26 Å². The second kappa shape index (κ2) is 4.73. The maximum Gasteiger partial charge on any atom is 0.128 e. The van der Waals surface area contributed by atoms with Crippen molar-refractivity contribution >= 4 is 27.3 Å². The minimum atomic E-state index is 0.128. The first-order valence-electron chi connectivity index (χ1n) is 5.10. The predicted octanol–water partition coefficient (Wildman–Crippen LogP) is 4.03. The quantitative estimate of drug-likeness (QED) is 0.926. The van der Waals surface area contributed by atoms with Crippen LogP contribution in [0, 0.1) is 13.8 Å². The fourth-order valence-corrected chi connectivity index (χ4v) is 3.75. The molecule has 4 heteroatoms. The molecular formula is C12H14BrNOS. The molecule has 0 saturated carbocycles. The number of rotatable bonds is 3. The highest BCUT2D eigenvalue weighted by Crippen LogP contribution is 2.36. The number of thiophene rings is 1. The molecule has 86 valence electrons. The molecule has 0 aliphatic rings. The summed E-state index contributed by atoms with van der Waals surface area (Å²) in [6.45, 7) is 4.18. The molecule has 0 amide bonds. The van der Waals surface area contributed by atoms with Crippen LogP contribution in [-0.2, 0) is 0 Å². The van der Waals surface area contributed by atoms with Crippen LogP contribution in [0.2, 0.25) is 0 Å². The Morgan fingerprint density at radius 2 is 2.19 bits per heavy atom. The fraction of sp³-hybridized carbons (Fsp3) is 0.333. The van der Waals surface area contributed by atoms with E-state index in [0.29, 0.717) is 0 Å². The van der Waals surface area contributed by atoms with Crippen molar-refractivity contribution in [2.75, 3.05) is 7.05 Å². The van der Waals surface area contributed by atoms with Crippen molar-refractivity contribution < 1.29 is 4.42 Å². The minimum Gasteiger partial charge on any atom is -0.467 e. The van der Waals surface area contributed by atoms with Gasteiger partial charge in [-0.15, -0.1) is 11.3 Å². The average molecular weight is 300 g/mol. The highest BCUT2D eigenvalue weighted by molar-refractivity contribution is 9.10. The van der Waals surface area contributed by atoms with Gasteiger partial charge in [0, 0.05) is 14.2 Å². The second-order valence-electron chi connectivity index (χ2n) is 3.76. The van der Waals surface area contributed by atoms with E-state index in [0.717, 1.165) is 10.2 Å². The largest absolute Gasteiger partial charge is 0.467 e. The smallest absolute Gasteiger partial charge is 0.128 e. The zero-order valence-corrected chi connectivity index (χ0v) is 11.9. The summed E-state index contributed by atoms with van der Waals surface area (Å²) in [5, 5.41) is 3.30. The van der Waals surface area contributed by atoms with E-state index in [1.165, 1.54) is 15.3 Å². The molecule has 2 nitrogen and oxygen atoms in total. The van der Waals surface area contributed by atoms with E-state index in [9.17, 15) is 0 Å². The average Bonchev–Trinajstić information content (AvgIpc) is 2.77. The van der Waals surface area contributed by atoms with Crippen molar-refractivity contribution in [3.05, 3.63) is 43.9 Å². The van der Waals surface area contributed by atoms with Gasteiger partial charge in [-0.25, -0.2) is 0 Å². The predicted molar refractivity (Wildman–Crippen MR) is 71.1 cm³/mol. The van der Waals surface area contributed by atoms with Crippen molar-refractivity contribution in [1.29, 1.82) is 0 Å². The van der Waals surface area contributed by atoms with E-state index in [2.05, 4.69) is 41.2 Å². The molecule has 2 rings (SSSR count). The molecule has 0 aromatic carbocycles. The third kappa shape index (κ3) is 2.10. The van der Waals surface area contributed by atoms with Gasteiger partial charge in [-0.05, 0) is 54.5 Å². The first kappa shape index (κ1) is 11.9. The highest BCUT2D eigenvalue weighted by Gasteiger charge is 2.21.